The number of nitrogens with zero attached hydrogens (tertiary/aromatic N) is 2. The van der Waals surface area contributed by atoms with Crippen LogP contribution in [0.4, 0.5) is 10.1 Å². The first-order valence-corrected chi connectivity index (χ1v) is 11.7. The number of aromatic nitrogens is 1. The molecule has 0 saturated heterocycles. The molecule has 0 unspecified atom stereocenters. The second-order valence-electron chi connectivity index (χ2n) is 9.00. The summed E-state index contributed by atoms with van der Waals surface area (Å²) in [6.07, 6.45) is 5.98. The first kappa shape index (κ1) is 22.7. The maximum Gasteiger partial charge on any atom is 0.252 e. The van der Waals surface area contributed by atoms with Gasteiger partial charge in [-0.25, -0.2) is 4.39 Å². The van der Waals surface area contributed by atoms with Crippen LogP contribution < -0.4 is 10.2 Å². The van der Waals surface area contributed by atoms with Crippen molar-refractivity contribution < 1.29 is 14.0 Å². The van der Waals surface area contributed by atoms with E-state index in [0.717, 1.165) is 31.2 Å². The van der Waals surface area contributed by atoms with Gasteiger partial charge >= 0.3 is 0 Å². The van der Waals surface area contributed by atoms with Gasteiger partial charge in [-0.05, 0) is 74.6 Å². The van der Waals surface area contributed by atoms with E-state index in [-0.39, 0.29) is 11.8 Å². The molecule has 0 atom stereocenters. The van der Waals surface area contributed by atoms with Crippen LogP contribution in [0.3, 0.4) is 0 Å². The van der Waals surface area contributed by atoms with Gasteiger partial charge < -0.3 is 10.2 Å². The molecule has 2 amide bonds. The molecule has 0 bridgehead atoms. The highest BCUT2D eigenvalue weighted by Crippen LogP contribution is 2.35. The standard InChI is InChI=1S/C25H29ClFN3O2/c1-16(31)30(15-18-2-3-18)24-11-7-19(12-22(24)26)23-10-6-20(14-28-23)25(32)29-13-17-4-8-21(27)9-5-17/h6-7,10-12,14,17-18,21H,2-5,8-9,13,15H2,1H3,(H,29,32). The van der Waals surface area contributed by atoms with Crippen molar-refractivity contribution in [1.29, 1.82) is 0 Å². The Hall–Kier alpha value is -2.47. The molecule has 2 aliphatic rings. The number of pyridine rings is 1. The second-order valence-corrected chi connectivity index (χ2v) is 9.41. The molecule has 0 spiro atoms. The van der Waals surface area contributed by atoms with E-state index in [2.05, 4.69) is 10.3 Å². The van der Waals surface area contributed by atoms with E-state index in [1.807, 2.05) is 18.2 Å². The summed E-state index contributed by atoms with van der Waals surface area (Å²) in [5, 5.41) is 3.45. The van der Waals surface area contributed by atoms with E-state index in [9.17, 15) is 14.0 Å². The monoisotopic (exact) mass is 457 g/mol. The molecule has 2 aliphatic carbocycles. The minimum absolute atomic E-state index is 0.0159. The molecule has 1 heterocycles. The number of halogens is 2. The average Bonchev–Trinajstić information content (AvgIpc) is 3.61. The maximum absolute atomic E-state index is 13.3. The lowest BCUT2D eigenvalue weighted by molar-refractivity contribution is -0.116. The van der Waals surface area contributed by atoms with Gasteiger partial charge in [-0.1, -0.05) is 17.7 Å². The third kappa shape index (κ3) is 5.66. The minimum Gasteiger partial charge on any atom is -0.352 e. The highest BCUT2D eigenvalue weighted by atomic mass is 35.5. The fourth-order valence-electron chi connectivity index (χ4n) is 4.20. The Kier molecular flexibility index (Phi) is 7.09. The largest absolute Gasteiger partial charge is 0.352 e. The highest BCUT2D eigenvalue weighted by molar-refractivity contribution is 6.34. The molecule has 5 nitrogen and oxygen atoms in total. The van der Waals surface area contributed by atoms with E-state index in [4.69, 9.17) is 11.6 Å². The minimum atomic E-state index is -0.690. The molecular formula is C25H29ClFN3O2. The number of carbonyl (C=O) groups is 2. The average molecular weight is 458 g/mol. The Bertz CT molecular complexity index is 970. The third-order valence-corrected chi connectivity index (χ3v) is 6.71. The van der Waals surface area contributed by atoms with Crippen molar-refractivity contribution in [3.8, 4) is 11.3 Å². The summed E-state index contributed by atoms with van der Waals surface area (Å²) in [4.78, 5) is 30.7. The van der Waals surface area contributed by atoms with E-state index < -0.39 is 6.17 Å². The van der Waals surface area contributed by atoms with Crippen molar-refractivity contribution in [3.05, 3.63) is 47.1 Å². The zero-order valence-corrected chi connectivity index (χ0v) is 19.1. The smallest absolute Gasteiger partial charge is 0.252 e. The predicted octanol–water partition coefficient (Wildman–Crippen LogP) is 5.42. The number of alkyl halides is 1. The Morgan fingerprint density at radius 2 is 1.81 bits per heavy atom. The quantitative estimate of drug-likeness (QED) is 0.603. The number of nitrogens with one attached hydrogen (secondary N) is 1. The Morgan fingerprint density at radius 3 is 2.41 bits per heavy atom. The molecule has 7 heteroatoms. The van der Waals surface area contributed by atoms with Gasteiger partial charge in [0.1, 0.15) is 6.17 Å². The van der Waals surface area contributed by atoms with E-state index in [1.165, 1.54) is 0 Å². The van der Waals surface area contributed by atoms with Crippen LogP contribution in [-0.4, -0.2) is 36.1 Å². The molecule has 170 valence electrons. The van der Waals surface area contributed by atoms with Gasteiger partial charge in [0.15, 0.2) is 0 Å². The normalized spacial score (nSPS) is 20.6. The molecule has 1 aromatic heterocycles. The van der Waals surface area contributed by atoms with Crippen LogP contribution in [0.1, 0.15) is 55.8 Å². The van der Waals surface area contributed by atoms with Crippen LogP contribution in [0.5, 0.6) is 0 Å². The van der Waals surface area contributed by atoms with Gasteiger partial charge in [0.05, 0.1) is 22.0 Å². The zero-order valence-electron chi connectivity index (χ0n) is 18.3. The SMILES string of the molecule is CC(=O)N(CC1CC1)c1ccc(-c2ccc(C(=O)NCC3CCC(F)CC3)cn2)cc1Cl. The first-order chi connectivity index (χ1) is 15.4. The molecular weight excluding hydrogens is 429 g/mol. The number of anilines is 1. The van der Waals surface area contributed by atoms with E-state index in [0.29, 0.717) is 59.7 Å². The number of rotatable bonds is 7. The maximum atomic E-state index is 13.3. The molecule has 2 aromatic rings. The molecule has 1 aromatic carbocycles. The number of benzene rings is 1. The summed E-state index contributed by atoms with van der Waals surface area (Å²) in [6, 6.07) is 9.10. The molecule has 32 heavy (non-hydrogen) atoms. The fraction of sp³-hybridized carbons (Fsp3) is 0.480. The third-order valence-electron chi connectivity index (χ3n) is 6.41. The van der Waals surface area contributed by atoms with Gasteiger partial charge in [0.2, 0.25) is 5.91 Å². The van der Waals surface area contributed by atoms with Crippen LogP contribution in [-0.2, 0) is 4.79 Å². The number of hydrogen-bond acceptors (Lipinski definition) is 3. The molecule has 0 aliphatic heterocycles. The number of hydrogen-bond donors (Lipinski definition) is 1. The van der Waals surface area contributed by atoms with Crippen molar-refractivity contribution in [2.45, 2.75) is 51.6 Å². The van der Waals surface area contributed by atoms with Crippen LogP contribution in [0.15, 0.2) is 36.5 Å². The fourth-order valence-corrected chi connectivity index (χ4v) is 4.49. The Balaban J connectivity index is 1.39. The van der Waals surface area contributed by atoms with Gasteiger partial charge in [-0.15, -0.1) is 0 Å². The van der Waals surface area contributed by atoms with Crippen LogP contribution in [0.2, 0.25) is 5.02 Å². The number of amides is 2. The van der Waals surface area contributed by atoms with E-state index >= 15 is 0 Å². The lowest BCUT2D eigenvalue weighted by Crippen LogP contribution is -2.31. The summed E-state index contributed by atoms with van der Waals surface area (Å²) in [6.45, 7) is 2.83. The van der Waals surface area contributed by atoms with Gasteiger partial charge in [0.25, 0.3) is 5.91 Å². The topological polar surface area (TPSA) is 62.3 Å². The van der Waals surface area contributed by atoms with Gasteiger partial charge in [0, 0.05) is 31.8 Å². The van der Waals surface area contributed by atoms with Crippen LogP contribution in [0.25, 0.3) is 11.3 Å². The van der Waals surface area contributed by atoms with Crippen molar-refractivity contribution in [2.75, 3.05) is 18.0 Å². The Labute approximate surface area is 193 Å². The lowest BCUT2D eigenvalue weighted by Gasteiger charge is -2.24. The van der Waals surface area contributed by atoms with Crippen molar-refractivity contribution in [3.63, 3.8) is 0 Å². The number of carbonyl (C=O) groups excluding carboxylic acids is 2. The summed E-state index contributed by atoms with van der Waals surface area (Å²) in [5.74, 6) is 0.719. The molecule has 2 fully saturated rings. The lowest BCUT2D eigenvalue weighted by atomic mass is 9.88. The summed E-state index contributed by atoms with van der Waals surface area (Å²) in [7, 11) is 0. The molecule has 2 saturated carbocycles. The van der Waals surface area contributed by atoms with Crippen LogP contribution in [0, 0.1) is 11.8 Å². The van der Waals surface area contributed by atoms with Gasteiger partial charge in [-0.3, -0.25) is 14.6 Å². The van der Waals surface area contributed by atoms with Crippen molar-refractivity contribution in [2.24, 2.45) is 11.8 Å². The zero-order chi connectivity index (χ0) is 22.7. The highest BCUT2D eigenvalue weighted by Gasteiger charge is 2.27. The molecule has 4 rings (SSSR count). The van der Waals surface area contributed by atoms with Crippen LogP contribution >= 0.6 is 11.6 Å². The summed E-state index contributed by atoms with van der Waals surface area (Å²) >= 11 is 6.52. The molecule has 0 radical (unpaired) electrons. The summed E-state index contributed by atoms with van der Waals surface area (Å²) in [5.41, 5.74) is 2.73. The predicted molar refractivity (Wildman–Crippen MR) is 125 cm³/mol. The van der Waals surface area contributed by atoms with E-state index in [1.54, 1.807) is 30.2 Å². The molecule has 1 N–H and O–H groups in total. The Morgan fingerprint density at radius 1 is 1.09 bits per heavy atom. The van der Waals surface area contributed by atoms with Crippen molar-refractivity contribution in [1.82, 2.24) is 10.3 Å². The first-order valence-electron chi connectivity index (χ1n) is 11.4. The van der Waals surface area contributed by atoms with Crippen molar-refractivity contribution >= 4 is 29.1 Å². The summed E-state index contributed by atoms with van der Waals surface area (Å²) < 4.78 is 13.3. The van der Waals surface area contributed by atoms with Gasteiger partial charge in [-0.2, -0.15) is 0 Å². The second kappa shape index (κ2) is 9.99.